The summed E-state index contributed by atoms with van der Waals surface area (Å²) in [7, 11) is 0. The van der Waals surface area contributed by atoms with Crippen molar-refractivity contribution in [2.75, 3.05) is 0 Å². The van der Waals surface area contributed by atoms with E-state index in [0.29, 0.717) is 11.3 Å². The number of aryl methyl sites for hydroxylation is 2. The van der Waals surface area contributed by atoms with E-state index in [1.165, 1.54) is 12.1 Å². The second kappa shape index (κ2) is 8.23. The third-order valence-electron chi connectivity index (χ3n) is 5.05. The van der Waals surface area contributed by atoms with Crippen LogP contribution in [0, 0.1) is 13.8 Å². The van der Waals surface area contributed by atoms with Gasteiger partial charge in [-0.2, -0.15) is 5.10 Å². The minimum atomic E-state index is -1.06. The van der Waals surface area contributed by atoms with Gasteiger partial charge in [0.15, 0.2) is 0 Å². The number of pyridine rings is 1. The first-order valence-electron chi connectivity index (χ1n) is 9.65. The number of carboxylic acid groups (broad SMARTS) is 1. The van der Waals surface area contributed by atoms with Crippen molar-refractivity contribution in [1.29, 1.82) is 0 Å². The summed E-state index contributed by atoms with van der Waals surface area (Å²) in [4.78, 5) is 28.7. The molecule has 1 amide bonds. The largest absolute Gasteiger partial charge is 0.478 e. The first kappa shape index (κ1) is 20.0. The Bertz CT molecular complexity index is 1310. The number of aromatic nitrogens is 2. The van der Waals surface area contributed by atoms with E-state index in [4.69, 9.17) is 0 Å². The molecular formula is C24H20N4O3. The molecule has 154 valence electrons. The molecule has 31 heavy (non-hydrogen) atoms. The van der Waals surface area contributed by atoms with Crippen LogP contribution in [0.1, 0.15) is 37.7 Å². The highest BCUT2D eigenvalue weighted by Gasteiger charge is 2.17. The van der Waals surface area contributed by atoms with Gasteiger partial charge in [0.05, 0.1) is 23.0 Å². The molecule has 0 bridgehead atoms. The molecular weight excluding hydrogens is 392 g/mol. The average Bonchev–Trinajstić information content (AvgIpc) is 3.11. The van der Waals surface area contributed by atoms with Crippen LogP contribution in [-0.2, 0) is 0 Å². The van der Waals surface area contributed by atoms with Crippen LogP contribution < -0.4 is 5.43 Å². The van der Waals surface area contributed by atoms with Gasteiger partial charge in [-0.25, -0.2) is 10.2 Å². The van der Waals surface area contributed by atoms with Crippen molar-refractivity contribution in [3.05, 3.63) is 94.9 Å². The van der Waals surface area contributed by atoms with E-state index in [9.17, 15) is 14.7 Å². The molecule has 7 nitrogen and oxygen atoms in total. The van der Waals surface area contributed by atoms with Crippen molar-refractivity contribution in [3.63, 3.8) is 0 Å². The van der Waals surface area contributed by atoms with E-state index in [0.717, 1.165) is 27.9 Å². The van der Waals surface area contributed by atoms with Crippen LogP contribution in [0.4, 0.5) is 0 Å². The molecule has 7 heteroatoms. The van der Waals surface area contributed by atoms with Crippen LogP contribution in [0.3, 0.4) is 0 Å². The van der Waals surface area contributed by atoms with Crippen LogP contribution in [0.2, 0.25) is 0 Å². The van der Waals surface area contributed by atoms with Crippen LogP contribution >= 0.6 is 0 Å². The molecule has 0 radical (unpaired) electrons. The fraction of sp³-hybridized carbons (Fsp3) is 0.0833. The van der Waals surface area contributed by atoms with Gasteiger partial charge in [0.2, 0.25) is 0 Å². The monoisotopic (exact) mass is 412 g/mol. The Morgan fingerprint density at radius 3 is 2.55 bits per heavy atom. The standard InChI is InChI=1S/C24H20N4O3/c1-15-8-9-16(2)28(15)22-13-17(10-11-20(22)24(30)31)23(29)27-26-14-18-5-3-7-21-19(18)6-4-12-25-21/h3-14H,1-2H3,(H,27,29)(H,30,31). The van der Waals surface area contributed by atoms with Crippen molar-refractivity contribution >= 4 is 29.0 Å². The highest BCUT2D eigenvalue weighted by atomic mass is 16.4. The van der Waals surface area contributed by atoms with E-state index < -0.39 is 11.9 Å². The van der Waals surface area contributed by atoms with E-state index in [-0.39, 0.29) is 5.56 Å². The van der Waals surface area contributed by atoms with Crippen LogP contribution in [0.5, 0.6) is 0 Å². The maximum atomic E-state index is 12.7. The van der Waals surface area contributed by atoms with Gasteiger partial charge in [-0.1, -0.05) is 18.2 Å². The van der Waals surface area contributed by atoms with Crippen molar-refractivity contribution in [1.82, 2.24) is 15.0 Å². The molecule has 0 aliphatic carbocycles. The van der Waals surface area contributed by atoms with Crippen molar-refractivity contribution in [2.24, 2.45) is 5.10 Å². The van der Waals surface area contributed by atoms with E-state index in [1.807, 2.05) is 60.9 Å². The number of rotatable bonds is 5. The lowest BCUT2D eigenvalue weighted by molar-refractivity contribution is 0.0696. The van der Waals surface area contributed by atoms with Crippen molar-refractivity contribution < 1.29 is 14.7 Å². The lowest BCUT2D eigenvalue weighted by Crippen LogP contribution is -2.19. The molecule has 0 atom stereocenters. The zero-order chi connectivity index (χ0) is 22.0. The summed E-state index contributed by atoms with van der Waals surface area (Å²) in [5.74, 6) is -1.49. The molecule has 0 saturated carbocycles. The third kappa shape index (κ3) is 3.93. The minimum absolute atomic E-state index is 0.116. The number of hydrogen-bond acceptors (Lipinski definition) is 4. The number of carbonyl (C=O) groups is 2. The summed E-state index contributed by atoms with van der Waals surface area (Å²) < 4.78 is 1.81. The summed E-state index contributed by atoms with van der Waals surface area (Å²) in [5, 5.41) is 14.6. The number of hydrogen-bond donors (Lipinski definition) is 2. The lowest BCUT2D eigenvalue weighted by Gasteiger charge is -2.14. The van der Waals surface area contributed by atoms with Gasteiger partial charge in [0, 0.05) is 34.1 Å². The molecule has 2 aromatic heterocycles. The molecule has 0 saturated heterocycles. The summed E-state index contributed by atoms with van der Waals surface area (Å²) in [6.45, 7) is 3.77. The van der Waals surface area contributed by atoms with Gasteiger partial charge in [0.25, 0.3) is 5.91 Å². The zero-order valence-corrected chi connectivity index (χ0v) is 17.0. The zero-order valence-electron chi connectivity index (χ0n) is 17.0. The van der Waals surface area contributed by atoms with Gasteiger partial charge in [-0.05, 0) is 56.3 Å². The summed E-state index contributed by atoms with van der Waals surface area (Å²) in [5.41, 5.74) is 6.79. The van der Waals surface area contributed by atoms with E-state index in [1.54, 1.807) is 18.5 Å². The molecule has 0 fully saturated rings. The van der Waals surface area contributed by atoms with E-state index in [2.05, 4.69) is 15.5 Å². The molecule has 0 aliphatic rings. The number of hydrazone groups is 1. The molecule has 2 aromatic carbocycles. The van der Waals surface area contributed by atoms with Gasteiger partial charge >= 0.3 is 5.97 Å². The number of amides is 1. The Morgan fingerprint density at radius 1 is 1.03 bits per heavy atom. The van der Waals surface area contributed by atoms with Crippen LogP contribution in [0.25, 0.3) is 16.6 Å². The van der Waals surface area contributed by atoms with Gasteiger partial charge in [0.1, 0.15) is 0 Å². The SMILES string of the molecule is Cc1ccc(C)n1-c1cc(C(=O)NN=Cc2cccc3ncccc23)ccc1C(=O)O. The maximum absolute atomic E-state index is 12.7. The molecule has 2 N–H and O–H groups in total. The van der Waals surface area contributed by atoms with Gasteiger partial charge < -0.3 is 9.67 Å². The maximum Gasteiger partial charge on any atom is 0.337 e. The number of fused-ring (bicyclic) bond motifs is 1. The van der Waals surface area contributed by atoms with Gasteiger partial charge in [-0.3, -0.25) is 9.78 Å². The molecule has 0 aliphatic heterocycles. The minimum Gasteiger partial charge on any atom is -0.478 e. The molecule has 4 aromatic rings. The Morgan fingerprint density at radius 2 is 1.81 bits per heavy atom. The topological polar surface area (TPSA) is 96.6 Å². The first-order valence-corrected chi connectivity index (χ1v) is 9.65. The summed E-state index contributed by atoms with van der Waals surface area (Å²) in [6.07, 6.45) is 3.28. The highest BCUT2D eigenvalue weighted by Crippen LogP contribution is 2.22. The predicted molar refractivity (Wildman–Crippen MR) is 119 cm³/mol. The molecule has 0 unspecified atom stereocenters. The third-order valence-corrected chi connectivity index (χ3v) is 5.05. The van der Waals surface area contributed by atoms with Gasteiger partial charge in [-0.15, -0.1) is 0 Å². The van der Waals surface area contributed by atoms with Crippen molar-refractivity contribution in [3.8, 4) is 5.69 Å². The summed E-state index contributed by atoms with van der Waals surface area (Å²) >= 11 is 0. The Kier molecular flexibility index (Phi) is 5.32. The number of carboxylic acids is 1. The molecule has 0 spiro atoms. The normalized spacial score (nSPS) is 11.2. The van der Waals surface area contributed by atoms with Crippen molar-refractivity contribution in [2.45, 2.75) is 13.8 Å². The fourth-order valence-electron chi connectivity index (χ4n) is 3.55. The predicted octanol–water partition coefficient (Wildman–Crippen LogP) is 4.10. The number of nitrogens with zero attached hydrogens (tertiary/aromatic N) is 3. The quantitative estimate of drug-likeness (QED) is 0.381. The van der Waals surface area contributed by atoms with Crippen LogP contribution in [0.15, 0.2) is 72.0 Å². The highest BCUT2D eigenvalue weighted by molar-refractivity contribution is 6.00. The fourth-order valence-corrected chi connectivity index (χ4v) is 3.55. The summed E-state index contributed by atoms with van der Waals surface area (Å²) in [6, 6.07) is 17.7. The second-order valence-corrected chi connectivity index (χ2v) is 7.11. The number of benzene rings is 2. The Labute approximate surface area is 178 Å². The van der Waals surface area contributed by atoms with Crippen LogP contribution in [-0.4, -0.2) is 32.7 Å². The number of nitrogens with one attached hydrogen (secondary N) is 1. The number of aromatic carboxylic acids is 1. The second-order valence-electron chi connectivity index (χ2n) is 7.11. The molecule has 4 rings (SSSR count). The first-order chi connectivity index (χ1) is 15.0. The smallest absolute Gasteiger partial charge is 0.337 e. The number of carbonyl (C=O) groups excluding carboxylic acids is 1. The Balaban J connectivity index is 1.62. The average molecular weight is 412 g/mol. The van der Waals surface area contributed by atoms with E-state index >= 15 is 0 Å². The molecule has 2 heterocycles. The Hall–Kier alpha value is -4.26. The lowest BCUT2D eigenvalue weighted by atomic mass is 10.1.